The lowest BCUT2D eigenvalue weighted by Gasteiger charge is -2.03. The number of rotatable bonds is 2. The molecule has 1 heterocycles. The van der Waals surface area contributed by atoms with Crippen LogP contribution in [0.5, 0.6) is 0 Å². The molecule has 0 radical (unpaired) electrons. The van der Waals surface area contributed by atoms with Gasteiger partial charge in [0.05, 0.1) is 16.4 Å². The molecule has 14 heavy (non-hydrogen) atoms. The molecule has 2 rings (SSSR count). The van der Waals surface area contributed by atoms with Crippen LogP contribution in [0, 0.1) is 0 Å². The number of hydrogen-bond acceptors (Lipinski definition) is 1. The van der Waals surface area contributed by atoms with E-state index < -0.39 is 0 Å². The van der Waals surface area contributed by atoms with Crippen LogP contribution in [-0.2, 0) is 6.54 Å². The lowest BCUT2D eigenvalue weighted by molar-refractivity contribution is 0.797. The van der Waals surface area contributed by atoms with E-state index in [9.17, 15) is 0 Å². The van der Waals surface area contributed by atoms with E-state index in [2.05, 4.69) is 4.98 Å². The van der Waals surface area contributed by atoms with Crippen LogP contribution in [0.3, 0.4) is 0 Å². The first-order chi connectivity index (χ1) is 6.75. The van der Waals surface area contributed by atoms with Crippen LogP contribution in [0.4, 0.5) is 0 Å². The zero-order chi connectivity index (χ0) is 9.97. The van der Waals surface area contributed by atoms with Crippen molar-refractivity contribution in [3.63, 3.8) is 0 Å². The Morgan fingerprint density at radius 1 is 1.21 bits per heavy atom. The van der Waals surface area contributed by atoms with Gasteiger partial charge in [-0.05, 0) is 17.7 Å². The van der Waals surface area contributed by atoms with Crippen LogP contribution in [0.2, 0.25) is 10.0 Å². The fourth-order valence-electron chi connectivity index (χ4n) is 1.23. The second kappa shape index (κ2) is 4.03. The van der Waals surface area contributed by atoms with Crippen molar-refractivity contribution in [3.05, 3.63) is 52.5 Å². The molecule has 1 aromatic heterocycles. The van der Waals surface area contributed by atoms with Crippen molar-refractivity contribution in [3.8, 4) is 0 Å². The maximum atomic E-state index is 5.90. The molecule has 0 aliphatic rings. The second-order valence-corrected chi connectivity index (χ2v) is 3.80. The van der Waals surface area contributed by atoms with Crippen LogP contribution >= 0.6 is 23.2 Å². The lowest BCUT2D eigenvalue weighted by atomic mass is 10.2. The first kappa shape index (κ1) is 9.56. The van der Waals surface area contributed by atoms with Crippen LogP contribution in [0.25, 0.3) is 0 Å². The number of aromatic nitrogens is 2. The number of imidazole rings is 1. The highest BCUT2D eigenvalue weighted by molar-refractivity contribution is 6.42. The van der Waals surface area contributed by atoms with Gasteiger partial charge >= 0.3 is 0 Å². The highest BCUT2D eigenvalue weighted by Crippen LogP contribution is 2.22. The van der Waals surface area contributed by atoms with Gasteiger partial charge in [-0.15, -0.1) is 0 Å². The first-order valence-electron chi connectivity index (χ1n) is 4.15. The molecule has 0 bridgehead atoms. The molecular formula is C10H8Cl2N2. The fourth-order valence-corrected chi connectivity index (χ4v) is 1.55. The molecule has 0 saturated carbocycles. The minimum absolute atomic E-state index is 0.584. The Morgan fingerprint density at radius 2 is 2.07 bits per heavy atom. The maximum absolute atomic E-state index is 5.90. The normalized spacial score (nSPS) is 10.4. The Balaban J connectivity index is 2.22. The van der Waals surface area contributed by atoms with Gasteiger partial charge in [0.15, 0.2) is 0 Å². The van der Waals surface area contributed by atoms with Gasteiger partial charge in [-0.1, -0.05) is 29.3 Å². The average Bonchev–Trinajstić information content (AvgIpc) is 2.64. The highest BCUT2D eigenvalue weighted by Gasteiger charge is 1.99. The summed E-state index contributed by atoms with van der Waals surface area (Å²) >= 11 is 11.7. The van der Waals surface area contributed by atoms with E-state index in [1.165, 1.54) is 0 Å². The summed E-state index contributed by atoms with van der Waals surface area (Å²) in [4.78, 5) is 3.96. The number of halogens is 2. The van der Waals surface area contributed by atoms with Crippen LogP contribution < -0.4 is 0 Å². The standard InChI is InChI=1S/C10H8Cl2N2/c11-9-2-1-8(5-10(9)12)6-14-4-3-13-7-14/h1-5,7H,6H2. The van der Waals surface area contributed by atoms with Crippen molar-refractivity contribution in [2.24, 2.45) is 0 Å². The molecule has 0 N–H and O–H groups in total. The molecule has 0 saturated heterocycles. The van der Waals surface area contributed by atoms with E-state index in [0.717, 1.165) is 12.1 Å². The van der Waals surface area contributed by atoms with Crippen molar-refractivity contribution >= 4 is 23.2 Å². The number of benzene rings is 1. The molecule has 72 valence electrons. The molecule has 0 atom stereocenters. The minimum Gasteiger partial charge on any atom is -0.333 e. The average molecular weight is 227 g/mol. The van der Waals surface area contributed by atoms with E-state index in [-0.39, 0.29) is 0 Å². The Kier molecular flexibility index (Phi) is 2.75. The molecule has 2 nitrogen and oxygen atoms in total. The Morgan fingerprint density at radius 3 is 2.71 bits per heavy atom. The summed E-state index contributed by atoms with van der Waals surface area (Å²) in [6.07, 6.45) is 5.42. The Bertz CT molecular complexity index is 424. The summed E-state index contributed by atoms with van der Waals surface area (Å²) in [5, 5.41) is 1.17. The van der Waals surface area contributed by atoms with Gasteiger partial charge in [0.25, 0.3) is 0 Å². The van der Waals surface area contributed by atoms with Gasteiger partial charge in [0, 0.05) is 18.9 Å². The summed E-state index contributed by atoms with van der Waals surface area (Å²) in [5.41, 5.74) is 1.11. The topological polar surface area (TPSA) is 17.8 Å². The molecule has 0 aliphatic carbocycles. The predicted octanol–water partition coefficient (Wildman–Crippen LogP) is 3.24. The third-order valence-corrected chi connectivity index (χ3v) is 2.65. The summed E-state index contributed by atoms with van der Waals surface area (Å²) in [6, 6.07) is 5.62. The second-order valence-electron chi connectivity index (χ2n) is 2.98. The number of hydrogen-bond donors (Lipinski definition) is 0. The molecule has 0 aliphatic heterocycles. The molecule has 0 spiro atoms. The summed E-state index contributed by atoms with van der Waals surface area (Å²) in [7, 11) is 0. The van der Waals surface area contributed by atoms with Crippen LogP contribution in [0.15, 0.2) is 36.9 Å². The van der Waals surface area contributed by atoms with Gasteiger partial charge in [0.2, 0.25) is 0 Å². The third kappa shape index (κ3) is 2.08. The van der Waals surface area contributed by atoms with E-state index in [4.69, 9.17) is 23.2 Å². The largest absolute Gasteiger partial charge is 0.333 e. The van der Waals surface area contributed by atoms with Crippen molar-refractivity contribution in [1.29, 1.82) is 0 Å². The van der Waals surface area contributed by atoms with Gasteiger partial charge in [-0.2, -0.15) is 0 Å². The van der Waals surface area contributed by atoms with Gasteiger partial charge in [0.1, 0.15) is 0 Å². The van der Waals surface area contributed by atoms with E-state index in [1.54, 1.807) is 18.6 Å². The molecule has 0 unspecified atom stereocenters. The molecular weight excluding hydrogens is 219 g/mol. The van der Waals surface area contributed by atoms with E-state index >= 15 is 0 Å². The predicted molar refractivity (Wildman–Crippen MR) is 57.8 cm³/mol. The first-order valence-corrected chi connectivity index (χ1v) is 4.91. The number of nitrogens with zero attached hydrogens (tertiary/aromatic N) is 2. The van der Waals surface area contributed by atoms with Crippen molar-refractivity contribution in [2.75, 3.05) is 0 Å². The quantitative estimate of drug-likeness (QED) is 0.769. The van der Waals surface area contributed by atoms with E-state index in [0.29, 0.717) is 10.0 Å². The highest BCUT2D eigenvalue weighted by atomic mass is 35.5. The molecule has 2 aromatic rings. The smallest absolute Gasteiger partial charge is 0.0949 e. The van der Waals surface area contributed by atoms with Crippen LogP contribution in [0.1, 0.15) is 5.56 Å². The lowest BCUT2D eigenvalue weighted by Crippen LogP contribution is -1.95. The maximum Gasteiger partial charge on any atom is 0.0949 e. The summed E-state index contributed by atoms with van der Waals surface area (Å²) in [5.74, 6) is 0. The third-order valence-electron chi connectivity index (χ3n) is 1.91. The SMILES string of the molecule is Clc1ccc(Cn2ccnc2)cc1Cl. The summed E-state index contributed by atoms with van der Waals surface area (Å²) in [6.45, 7) is 0.761. The zero-order valence-electron chi connectivity index (χ0n) is 7.32. The molecule has 0 fully saturated rings. The Hall–Kier alpha value is -0.990. The Labute approximate surface area is 92.1 Å². The van der Waals surface area contributed by atoms with Gasteiger partial charge < -0.3 is 4.57 Å². The molecule has 1 aromatic carbocycles. The summed E-state index contributed by atoms with van der Waals surface area (Å²) < 4.78 is 1.97. The van der Waals surface area contributed by atoms with Crippen molar-refractivity contribution in [1.82, 2.24) is 9.55 Å². The molecule has 0 amide bonds. The minimum atomic E-state index is 0.584. The van der Waals surface area contributed by atoms with Crippen LogP contribution in [-0.4, -0.2) is 9.55 Å². The monoisotopic (exact) mass is 226 g/mol. The van der Waals surface area contributed by atoms with Gasteiger partial charge in [-0.3, -0.25) is 0 Å². The van der Waals surface area contributed by atoms with Gasteiger partial charge in [-0.25, -0.2) is 4.98 Å². The van der Waals surface area contributed by atoms with Crippen molar-refractivity contribution in [2.45, 2.75) is 6.54 Å². The van der Waals surface area contributed by atoms with E-state index in [1.807, 2.05) is 22.9 Å². The zero-order valence-corrected chi connectivity index (χ0v) is 8.83. The molecule has 4 heteroatoms. The van der Waals surface area contributed by atoms with Crippen molar-refractivity contribution < 1.29 is 0 Å². The fraction of sp³-hybridized carbons (Fsp3) is 0.100.